The van der Waals surface area contributed by atoms with Crippen LogP contribution in [0.2, 0.25) is 0 Å². The van der Waals surface area contributed by atoms with Crippen LogP contribution in [0.4, 0.5) is 0 Å². The van der Waals surface area contributed by atoms with Crippen molar-refractivity contribution in [3.05, 3.63) is 52.1 Å². The summed E-state index contributed by atoms with van der Waals surface area (Å²) in [4.78, 5) is 5.40. The molecule has 0 saturated heterocycles. The van der Waals surface area contributed by atoms with E-state index in [0.29, 0.717) is 0 Å². The van der Waals surface area contributed by atoms with Gasteiger partial charge in [0.25, 0.3) is 0 Å². The summed E-state index contributed by atoms with van der Waals surface area (Å²) in [6.07, 6.45) is 0. The topological polar surface area (TPSA) is 50.7 Å². The molecule has 3 aromatic rings. The number of thiazole rings is 1. The lowest BCUT2D eigenvalue weighted by molar-refractivity contribution is 0.621. The highest BCUT2D eigenvalue weighted by Crippen LogP contribution is 2.33. The molecule has 4 nitrogen and oxygen atoms in total. The van der Waals surface area contributed by atoms with E-state index in [2.05, 4.69) is 51.7 Å². The van der Waals surface area contributed by atoms with Crippen LogP contribution < -0.4 is 5.32 Å². The van der Waals surface area contributed by atoms with Crippen LogP contribution >= 0.6 is 22.7 Å². The summed E-state index contributed by atoms with van der Waals surface area (Å²) in [5, 5.41) is 14.2. The Morgan fingerprint density at radius 1 is 1.19 bits per heavy atom. The molecule has 6 heteroatoms. The van der Waals surface area contributed by atoms with Crippen molar-refractivity contribution >= 4 is 22.7 Å². The Morgan fingerprint density at radius 2 is 2.00 bits per heavy atom. The van der Waals surface area contributed by atoms with Gasteiger partial charge in [0.1, 0.15) is 5.01 Å². The van der Waals surface area contributed by atoms with Crippen LogP contribution in [0.15, 0.2) is 35.8 Å². The van der Waals surface area contributed by atoms with Gasteiger partial charge in [-0.25, -0.2) is 4.98 Å². The standard InChI is InChI=1S/C15H16N4S2/c1-3-16-12(11-7-5-4-6-8-11)14-18-19-15(21-14)13-10(2)17-9-20-13/h4-9,12,16H,3H2,1-2H3. The Bertz CT molecular complexity index is 705. The molecule has 0 spiro atoms. The van der Waals surface area contributed by atoms with Crippen LogP contribution in [0, 0.1) is 6.92 Å². The van der Waals surface area contributed by atoms with Crippen molar-refractivity contribution in [1.82, 2.24) is 20.5 Å². The SMILES string of the molecule is CCNC(c1ccccc1)c1nnc(-c2scnc2C)s1. The Balaban J connectivity index is 1.94. The average Bonchev–Trinajstić information content (AvgIpc) is 3.14. The molecule has 1 atom stereocenters. The van der Waals surface area contributed by atoms with Crippen molar-refractivity contribution in [2.45, 2.75) is 19.9 Å². The molecule has 1 aromatic carbocycles. The van der Waals surface area contributed by atoms with Gasteiger partial charge in [-0.1, -0.05) is 48.6 Å². The van der Waals surface area contributed by atoms with Crippen molar-refractivity contribution in [3.63, 3.8) is 0 Å². The highest BCUT2D eigenvalue weighted by Gasteiger charge is 2.19. The monoisotopic (exact) mass is 316 g/mol. The molecule has 1 unspecified atom stereocenters. The van der Waals surface area contributed by atoms with E-state index >= 15 is 0 Å². The minimum Gasteiger partial charge on any atom is -0.304 e. The predicted molar refractivity (Wildman–Crippen MR) is 87.7 cm³/mol. The second-order valence-electron chi connectivity index (χ2n) is 4.61. The molecule has 0 aliphatic carbocycles. The number of nitrogens with zero attached hydrogens (tertiary/aromatic N) is 3. The van der Waals surface area contributed by atoms with Crippen molar-refractivity contribution in [2.24, 2.45) is 0 Å². The Labute approximate surface area is 131 Å². The molecule has 0 bridgehead atoms. The summed E-state index contributed by atoms with van der Waals surface area (Å²) >= 11 is 3.25. The van der Waals surface area contributed by atoms with Gasteiger partial charge in [-0.2, -0.15) is 0 Å². The maximum Gasteiger partial charge on any atom is 0.159 e. The normalized spacial score (nSPS) is 12.5. The molecule has 21 heavy (non-hydrogen) atoms. The number of rotatable bonds is 5. The third-order valence-corrected chi connectivity index (χ3v) is 5.24. The number of hydrogen-bond acceptors (Lipinski definition) is 6. The molecule has 0 fully saturated rings. The van der Waals surface area contributed by atoms with E-state index in [0.717, 1.165) is 27.1 Å². The highest BCUT2D eigenvalue weighted by atomic mass is 32.1. The maximum absolute atomic E-state index is 4.39. The fourth-order valence-corrected chi connectivity index (χ4v) is 4.04. The van der Waals surface area contributed by atoms with Gasteiger partial charge in [-0.3, -0.25) is 0 Å². The highest BCUT2D eigenvalue weighted by molar-refractivity contribution is 7.20. The number of aryl methyl sites for hydroxylation is 1. The maximum atomic E-state index is 4.39. The van der Waals surface area contributed by atoms with Crippen LogP contribution in [0.1, 0.15) is 29.2 Å². The van der Waals surface area contributed by atoms with Crippen molar-refractivity contribution in [2.75, 3.05) is 6.54 Å². The van der Waals surface area contributed by atoms with Gasteiger partial charge in [-0.15, -0.1) is 21.5 Å². The Kier molecular flexibility index (Phi) is 4.38. The zero-order chi connectivity index (χ0) is 14.7. The predicted octanol–water partition coefficient (Wildman–Crippen LogP) is 3.67. The average molecular weight is 316 g/mol. The summed E-state index contributed by atoms with van der Waals surface area (Å²) in [5.41, 5.74) is 4.08. The number of hydrogen-bond donors (Lipinski definition) is 1. The van der Waals surface area contributed by atoms with Gasteiger partial charge >= 0.3 is 0 Å². The molecule has 2 aromatic heterocycles. The quantitative estimate of drug-likeness (QED) is 0.780. The molecule has 108 valence electrons. The van der Waals surface area contributed by atoms with Gasteiger partial charge in [0.15, 0.2) is 5.01 Å². The Morgan fingerprint density at radius 3 is 2.67 bits per heavy atom. The van der Waals surface area contributed by atoms with E-state index in [1.807, 2.05) is 18.5 Å². The van der Waals surface area contributed by atoms with Crippen molar-refractivity contribution in [3.8, 4) is 9.88 Å². The minimum absolute atomic E-state index is 0.0932. The van der Waals surface area contributed by atoms with Crippen LogP contribution in [-0.2, 0) is 0 Å². The first-order chi connectivity index (χ1) is 10.3. The number of nitrogens with one attached hydrogen (secondary N) is 1. The lowest BCUT2D eigenvalue weighted by atomic mass is 10.1. The summed E-state index contributed by atoms with van der Waals surface area (Å²) in [7, 11) is 0. The molecule has 0 aliphatic heterocycles. The zero-order valence-electron chi connectivity index (χ0n) is 11.9. The van der Waals surface area contributed by atoms with Crippen molar-refractivity contribution < 1.29 is 0 Å². The first kappa shape index (κ1) is 14.3. The zero-order valence-corrected chi connectivity index (χ0v) is 13.5. The third kappa shape index (κ3) is 3.02. The lowest BCUT2D eigenvalue weighted by Crippen LogP contribution is -2.21. The lowest BCUT2D eigenvalue weighted by Gasteiger charge is -2.14. The third-order valence-electron chi connectivity index (χ3n) is 3.17. The molecule has 0 amide bonds. The molecular formula is C15H16N4S2. The number of aromatic nitrogens is 3. The van der Waals surface area contributed by atoms with Crippen LogP contribution in [0.25, 0.3) is 9.88 Å². The van der Waals surface area contributed by atoms with E-state index in [4.69, 9.17) is 0 Å². The van der Waals surface area contributed by atoms with Crippen LogP contribution in [0.5, 0.6) is 0 Å². The van der Waals surface area contributed by atoms with Gasteiger partial charge in [0.2, 0.25) is 0 Å². The minimum atomic E-state index is 0.0932. The molecule has 0 radical (unpaired) electrons. The fourth-order valence-electron chi connectivity index (χ4n) is 2.15. The van der Waals surface area contributed by atoms with Gasteiger partial charge in [0.05, 0.1) is 22.1 Å². The van der Waals surface area contributed by atoms with E-state index < -0.39 is 0 Å². The van der Waals surface area contributed by atoms with Crippen molar-refractivity contribution in [1.29, 1.82) is 0 Å². The summed E-state index contributed by atoms with van der Waals surface area (Å²) < 4.78 is 0. The first-order valence-corrected chi connectivity index (χ1v) is 8.51. The summed E-state index contributed by atoms with van der Waals surface area (Å²) in [6.45, 7) is 4.99. The van der Waals surface area contributed by atoms with Crippen LogP contribution in [0.3, 0.4) is 0 Å². The molecule has 1 N–H and O–H groups in total. The van der Waals surface area contributed by atoms with Crippen LogP contribution in [-0.4, -0.2) is 21.7 Å². The summed E-state index contributed by atoms with van der Waals surface area (Å²) in [5.74, 6) is 0. The summed E-state index contributed by atoms with van der Waals surface area (Å²) in [6, 6.07) is 10.5. The molecule has 0 saturated carbocycles. The number of benzene rings is 1. The molecule has 2 heterocycles. The largest absolute Gasteiger partial charge is 0.304 e. The first-order valence-electron chi connectivity index (χ1n) is 6.81. The van der Waals surface area contributed by atoms with Gasteiger partial charge in [-0.05, 0) is 19.0 Å². The van der Waals surface area contributed by atoms with E-state index in [-0.39, 0.29) is 6.04 Å². The second kappa shape index (κ2) is 6.43. The van der Waals surface area contributed by atoms with Gasteiger partial charge in [0, 0.05) is 0 Å². The molecular weight excluding hydrogens is 300 g/mol. The Hall–Kier alpha value is -1.63. The van der Waals surface area contributed by atoms with Gasteiger partial charge < -0.3 is 5.32 Å². The van der Waals surface area contributed by atoms with E-state index in [1.165, 1.54) is 5.56 Å². The molecule has 0 aliphatic rings. The van der Waals surface area contributed by atoms with E-state index in [9.17, 15) is 0 Å². The smallest absolute Gasteiger partial charge is 0.159 e. The molecule has 3 rings (SSSR count). The second-order valence-corrected chi connectivity index (χ2v) is 6.48. The van der Waals surface area contributed by atoms with E-state index in [1.54, 1.807) is 22.7 Å². The fraction of sp³-hybridized carbons (Fsp3) is 0.267.